The number of likely N-dealkylation sites (tertiary alicyclic amines) is 1. The van der Waals surface area contributed by atoms with Gasteiger partial charge in [0.05, 0.1) is 5.56 Å². The highest BCUT2D eigenvalue weighted by atomic mass is 16.2. The number of pyridine rings is 1. The number of piperidine rings is 1. The van der Waals surface area contributed by atoms with Crippen LogP contribution in [0.3, 0.4) is 0 Å². The Labute approximate surface area is 139 Å². The van der Waals surface area contributed by atoms with Crippen LogP contribution in [0.1, 0.15) is 62.2 Å². The van der Waals surface area contributed by atoms with Gasteiger partial charge in [0, 0.05) is 38.1 Å². The molecule has 1 saturated carbocycles. The van der Waals surface area contributed by atoms with E-state index in [0.29, 0.717) is 17.0 Å². The smallest absolute Gasteiger partial charge is 0.255 e. The van der Waals surface area contributed by atoms with Crippen LogP contribution in [0.2, 0.25) is 0 Å². The second-order valence-electron chi connectivity index (χ2n) is 7.29. The van der Waals surface area contributed by atoms with Crippen LogP contribution in [0.4, 0.5) is 0 Å². The van der Waals surface area contributed by atoms with Crippen molar-refractivity contribution in [3.63, 3.8) is 0 Å². The van der Waals surface area contributed by atoms with Gasteiger partial charge in [0.2, 0.25) is 0 Å². The Morgan fingerprint density at radius 3 is 2.74 bits per heavy atom. The number of nitrogens with zero attached hydrogens (tertiary/aromatic N) is 2. The Balaban J connectivity index is 1.44. The molecule has 1 aromatic rings. The fraction of sp³-hybridized carbons (Fsp3) is 0.684. The summed E-state index contributed by atoms with van der Waals surface area (Å²) in [5.41, 5.74) is 1.28. The maximum Gasteiger partial charge on any atom is 0.255 e. The first-order valence-corrected chi connectivity index (χ1v) is 9.15. The van der Waals surface area contributed by atoms with Crippen molar-refractivity contribution in [3.05, 3.63) is 30.1 Å². The molecule has 1 N–H and O–H groups in total. The van der Waals surface area contributed by atoms with E-state index in [1.165, 1.54) is 38.6 Å². The lowest BCUT2D eigenvalue weighted by Crippen LogP contribution is -2.49. The van der Waals surface area contributed by atoms with Gasteiger partial charge in [-0.2, -0.15) is 0 Å². The van der Waals surface area contributed by atoms with Gasteiger partial charge in [-0.15, -0.1) is 0 Å². The van der Waals surface area contributed by atoms with E-state index >= 15 is 0 Å². The zero-order valence-corrected chi connectivity index (χ0v) is 14.3. The Bertz CT molecular complexity index is 505. The van der Waals surface area contributed by atoms with Crippen LogP contribution in [0.15, 0.2) is 24.5 Å². The summed E-state index contributed by atoms with van der Waals surface area (Å²) < 4.78 is 0. The van der Waals surface area contributed by atoms with Crippen LogP contribution in [0.5, 0.6) is 0 Å². The Hall–Kier alpha value is -1.42. The van der Waals surface area contributed by atoms with Crippen molar-refractivity contribution in [1.29, 1.82) is 0 Å². The van der Waals surface area contributed by atoms with Gasteiger partial charge in [-0.05, 0) is 49.7 Å². The lowest BCUT2D eigenvalue weighted by Gasteiger charge is -2.44. The minimum absolute atomic E-state index is 0.123. The van der Waals surface area contributed by atoms with Crippen molar-refractivity contribution in [3.8, 4) is 0 Å². The zero-order chi connectivity index (χ0) is 16.1. The number of hydrogen-bond acceptors (Lipinski definition) is 3. The van der Waals surface area contributed by atoms with E-state index in [1.807, 2.05) is 17.0 Å². The summed E-state index contributed by atoms with van der Waals surface area (Å²) in [6.45, 7) is 5.17. The summed E-state index contributed by atoms with van der Waals surface area (Å²) in [4.78, 5) is 18.4. The molecule has 4 heteroatoms. The molecule has 3 rings (SSSR count). The average molecular weight is 315 g/mol. The number of aromatic nitrogens is 1. The van der Waals surface area contributed by atoms with E-state index < -0.39 is 0 Å². The van der Waals surface area contributed by atoms with E-state index in [2.05, 4.69) is 17.2 Å². The monoisotopic (exact) mass is 315 g/mol. The highest BCUT2D eigenvalue weighted by molar-refractivity contribution is 5.93. The molecule has 126 valence electrons. The van der Waals surface area contributed by atoms with Gasteiger partial charge in [0.15, 0.2) is 0 Å². The van der Waals surface area contributed by atoms with Crippen LogP contribution in [0, 0.1) is 5.41 Å². The minimum Gasteiger partial charge on any atom is -0.338 e. The van der Waals surface area contributed by atoms with Gasteiger partial charge >= 0.3 is 0 Å². The summed E-state index contributed by atoms with van der Waals surface area (Å²) in [6, 6.07) is 4.25. The van der Waals surface area contributed by atoms with Gasteiger partial charge < -0.3 is 10.2 Å². The number of carbonyl (C=O) groups excluding carboxylic acids is 1. The fourth-order valence-corrected chi connectivity index (χ4v) is 4.04. The van der Waals surface area contributed by atoms with E-state index in [-0.39, 0.29) is 5.91 Å². The molecule has 0 aromatic carbocycles. The molecule has 1 aliphatic carbocycles. The standard InChI is InChI=1S/C19H29N3O/c1-2-8-19(9-4-10-19)15-21-17-6-12-22(13-7-17)18(23)16-5-3-11-20-14-16/h3,5,11,14,17,21H,2,4,6-10,12-13,15H2,1H3. The van der Waals surface area contributed by atoms with Crippen LogP contribution in [-0.4, -0.2) is 41.5 Å². The van der Waals surface area contributed by atoms with Crippen molar-refractivity contribution in [2.75, 3.05) is 19.6 Å². The predicted molar refractivity (Wildman–Crippen MR) is 92.4 cm³/mol. The third-order valence-corrected chi connectivity index (χ3v) is 5.65. The maximum absolute atomic E-state index is 12.4. The average Bonchev–Trinajstić information content (AvgIpc) is 2.58. The highest BCUT2D eigenvalue weighted by Gasteiger charge is 2.36. The third-order valence-electron chi connectivity index (χ3n) is 5.65. The molecule has 1 aromatic heterocycles. The van der Waals surface area contributed by atoms with Crippen LogP contribution < -0.4 is 5.32 Å². The Kier molecular flexibility index (Phi) is 5.31. The zero-order valence-electron chi connectivity index (χ0n) is 14.3. The first-order valence-electron chi connectivity index (χ1n) is 9.15. The van der Waals surface area contributed by atoms with Crippen molar-refractivity contribution in [2.24, 2.45) is 5.41 Å². The molecular weight excluding hydrogens is 286 g/mol. The maximum atomic E-state index is 12.4. The van der Waals surface area contributed by atoms with Gasteiger partial charge in [-0.25, -0.2) is 0 Å². The first-order chi connectivity index (χ1) is 11.2. The van der Waals surface area contributed by atoms with E-state index in [1.54, 1.807) is 12.4 Å². The van der Waals surface area contributed by atoms with Crippen molar-refractivity contribution in [1.82, 2.24) is 15.2 Å². The molecule has 0 atom stereocenters. The van der Waals surface area contributed by atoms with E-state index in [9.17, 15) is 4.79 Å². The molecule has 4 nitrogen and oxygen atoms in total. The molecule has 2 heterocycles. The van der Waals surface area contributed by atoms with Gasteiger partial charge in [0.1, 0.15) is 0 Å². The fourth-order valence-electron chi connectivity index (χ4n) is 4.04. The summed E-state index contributed by atoms with van der Waals surface area (Å²) in [5, 5.41) is 3.80. The Morgan fingerprint density at radius 1 is 1.39 bits per heavy atom. The first kappa shape index (κ1) is 16.4. The van der Waals surface area contributed by atoms with E-state index in [4.69, 9.17) is 0 Å². The Morgan fingerprint density at radius 2 is 2.17 bits per heavy atom. The lowest BCUT2D eigenvalue weighted by molar-refractivity contribution is 0.0679. The molecule has 1 amide bonds. The van der Waals surface area contributed by atoms with Crippen molar-refractivity contribution >= 4 is 5.91 Å². The molecule has 0 radical (unpaired) electrons. The van der Waals surface area contributed by atoms with Crippen molar-refractivity contribution in [2.45, 2.75) is 57.9 Å². The van der Waals surface area contributed by atoms with Gasteiger partial charge in [-0.1, -0.05) is 19.8 Å². The molecule has 0 bridgehead atoms. The lowest BCUT2D eigenvalue weighted by atomic mass is 9.66. The van der Waals surface area contributed by atoms with Gasteiger partial charge in [0.25, 0.3) is 5.91 Å². The molecule has 1 saturated heterocycles. The second-order valence-corrected chi connectivity index (χ2v) is 7.29. The van der Waals surface area contributed by atoms with Crippen LogP contribution >= 0.6 is 0 Å². The summed E-state index contributed by atoms with van der Waals surface area (Å²) in [5.74, 6) is 0.123. The summed E-state index contributed by atoms with van der Waals surface area (Å²) in [6.07, 6.45) is 12.3. The predicted octanol–water partition coefficient (Wildman–Crippen LogP) is 3.25. The second kappa shape index (κ2) is 7.43. The quantitative estimate of drug-likeness (QED) is 0.876. The van der Waals surface area contributed by atoms with E-state index in [0.717, 1.165) is 25.9 Å². The number of carbonyl (C=O) groups is 1. The summed E-state index contributed by atoms with van der Waals surface area (Å²) in [7, 11) is 0. The number of nitrogens with one attached hydrogen (secondary N) is 1. The van der Waals surface area contributed by atoms with Gasteiger partial charge in [-0.3, -0.25) is 9.78 Å². The van der Waals surface area contributed by atoms with Crippen LogP contribution in [0.25, 0.3) is 0 Å². The molecule has 0 unspecified atom stereocenters. The third kappa shape index (κ3) is 3.92. The number of rotatable bonds is 6. The van der Waals surface area contributed by atoms with Crippen molar-refractivity contribution < 1.29 is 4.79 Å². The topological polar surface area (TPSA) is 45.2 Å². The molecule has 2 aliphatic rings. The molecular formula is C19H29N3O. The summed E-state index contributed by atoms with van der Waals surface area (Å²) >= 11 is 0. The van der Waals surface area contributed by atoms with Crippen LogP contribution in [-0.2, 0) is 0 Å². The largest absolute Gasteiger partial charge is 0.338 e. The normalized spacial score (nSPS) is 21.0. The highest BCUT2D eigenvalue weighted by Crippen LogP contribution is 2.44. The molecule has 1 aliphatic heterocycles. The SMILES string of the molecule is CCCC1(CNC2CCN(C(=O)c3cccnc3)CC2)CCC1. The molecule has 0 spiro atoms. The molecule has 2 fully saturated rings. The number of hydrogen-bond donors (Lipinski definition) is 1. The number of amides is 1. The minimum atomic E-state index is 0.123. The molecule has 23 heavy (non-hydrogen) atoms.